The third-order valence-corrected chi connectivity index (χ3v) is 5.45. The van der Waals surface area contributed by atoms with Crippen molar-refractivity contribution in [3.63, 3.8) is 0 Å². The molecule has 0 aliphatic carbocycles. The molecule has 0 unspecified atom stereocenters. The Morgan fingerprint density at radius 3 is 2.79 bits per heavy atom. The van der Waals surface area contributed by atoms with Crippen molar-refractivity contribution in [1.82, 2.24) is 4.98 Å². The molecule has 0 spiro atoms. The van der Waals surface area contributed by atoms with E-state index in [1.807, 2.05) is 4.90 Å². The number of halogens is 1. The minimum atomic E-state index is -3.51. The zero-order valence-corrected chi connectivity index (χ0v) is 16.0. The number of carbonyl (C=O) groups is 1. The number of nitrogens with zero attached hydrogens (tertiary/aromatic N) is 3. The standard InChI is InChI=1S/C19H15FN4O4S/c1-29(26,27)14-2-3-16(15(20)9-14)23-19-18-17(5-7-28-18)24(11-22-19)13-4-6-21-12(8-13)10-25/h2-10H,11H2,1H3,(H,22,23). The van der Waals surface area contributed by atoms with Crippen LogP contribution in [-0.2, 0) is 9.84 Å². The van der Waals surface area contributed by atoms with E-state index in [4.69, 9.17) is 4.42 Å². The fourth-order valence-corrected chi connectivity index (χ4v) is 3.56. The van der Waals surface area contributed by atoms with Gasteiger partial charge in [-0.05, 0) is 30.3 Å². The number of benzene rings is 1. The van der Waals surface area contributed by atoms with Crippen molar-refractivity contribution < 1.29 is 22.0 Å². The van der Waals surface area contributed by atoms with E-state index < -0.39 is 15.7 Å². The number of pyridine rings is 1. The Hall–Kier alpha value is -3.53. The van der Waals surface area contributed by atoms with Crippen LogP contribution in [-0.4, -0.2) is 38.4 Å². The lowest BCUT2D eigenvalue weighted by Crippen LogP contribution is -2.28. The Morgan fingerprint density at radius 2 is 2.07 bits per heavy atom. The van der Waals surface area contributed by atoms with Gasteiger partial charge < -0.3 is 14.6 Å². The van der Waals surface area contributed by atoms with Gasteiger partial charge in [0.15, 0.2) is 27.7 Å². The minimum Gasteiger partial charge on any atom is -0.459 e. The van der Waals surface area contributed by atoms with Crippen LogP contribution in [0.2, 0.25) is 0 Å². The summed E-state index contributed by atoms with van der Waals surface area (Å²) in [6, 6.07) is 8.70. The van der Waals surface area contributed by atoms with Crippen molar-refractivity contribution >= 4 is 39.0 Å². The van der Waals surface area contributed by atoms with Gasteiger partial charge in [-0.15, -0.1) is 0 Å². The molecule has 4 rings (SSSR count). The molecule has 0 amide bonds. The van der Waals surface area contributed by atoms with E-state index in [9.17, 15) is 17.6 Å². The number of carbonyl (C=O) groups excluding carboxylic acids is 1. The topological polar surface area (TPSA) is 105 Å². The van der Waals surface area contributed by atoms with Gasteiger partial charge >= 0.3 is 0 Å². The molecule has 1 aromatic carbocycles. The van der Waals surface area contributed by atoms with Crippen molar-refractivity contribution in [3.05, 3.63) is 66.1 Å². The predicted octanol–water partition coefficient (Wildman–Crippen LogP) is 3.00. The lowest BCUT2D eigenvalue weighted by molar-refractivity contribution is 0.111. The van der Waals surface area contributed by atoms with E-state index in [-0.39, 0.29) is 22.9 Å². The highest BCUT2D eigenvalue weighted by Crippen LogP contribution is 2.33. The van der Waals surface area contributed by atoms with Crippen molar-refractivity contribution in [2.24, 2.45) is 4.99 Å². The van der Waals surface area contributed by atoms with Gasteiger partial charge in [0, 0.05) is 24.2 Å². The molecule has 3 heterocycles. The monoisotopic (exact) mass is 414 g/mol. The Labute approximate surface area is 165 Å². The van der Waals surface area contributed by atoms with Gasteiger partial charge in [0.25, 0.3) is 0 Å². The molecule has 148 valence electrons. The number of nitrogens with one attached hydrogen (secondary N) is 1. The summed E-state index contributed by atoms with van der Waals surface area (Å²) in [6.45, 7) is 0.195. The highest BCUT2D eigenvalue weighted by Gasteiger charge is 2.25. The SMILES string of the molecule is CS(=O)(=O)c1ccc(NC2=NCN(c3ccnc(C=O)c3)c3ccoc32)c(F)c1. The predicted molar refractivity (Wildman–Crippen MR) is 105 cm³/mol. The number of anilines is 3. The number of amidine groups is 1. The fourth-order valence-electron chi connectivity index (χ4n) is 2.92. The summed E-state index contributed by atoms with van der Waals surface area (Å²) in [5.74, 6) is -0.0415. The van der Waals surface area contributed by atoms with Crippen LogP contribution in [0.4, 0.5) is 21.5 Å². The minimum absolute atomic E-state index is 0.0686. The molecule has 0 saturated heterocycles. The van der Waals surface area contributed by atoms with E-state index in [0.717, 1.165) is 12.3 Å². The Kier molecular flexibility index (Phi) is 4.63. The van der Waals surface area contributed by atoms with E-state index in [1.54, 1.807) is 18.2 Å². The van der Waals surface area contributed by atoms with Crippen LogP contribution in [0.15, 0.2) is 63.2 Å². The summed E-state index contributed by atoms with van der Waals surface area (Å²) >= 11 is 0. The van der Waals surface area contributed by atoms with E-state index in [0.29, 0.717) is 29.3 Å². The number of sulfone groups is 1. The van der Waals surface area contributed by atoms with Crippen LogP contribution < -0.4 is 10.2 Å². The van der Waals surface area contributed by atoms with Gasteiger partial charge in [0.1, 0.15) is 18.2 Å². The molecule has 1 N–H and O–H groups in total. The van der Waals surface area contributed by atoms with Gasteiger partial charge in [0.05, 0.1) is 22.5 Å². The summed E-state index contributed by atoms with van der Waals surface area (Å²) in [5, 5.41) is 2.86. The Bertz CT molecular complexity index is 1240. The molecule has 1 aliphatic heterocycles. The molecule has 0 saturated carbocycles. The zero-order valence-electron chi connectivity index (χ0n) is 15.2. The lowest BCUT2D eigenvalue weighted by Gasteiger charge is -2.27. The van der Waals surface area contributed by atoms with Crippen molar-refractivity contribution in [3.8, 4) is 0 Å². The van der Waals surface area contributed by atoms with Gasteiger partial charge in [-0.3, -0.25) is 9.78 Å². The molecule has 0 bridgehead atoms. The maximum Gasteiger partial charge on any atom is 0.192 e. The normalized spacial score (nSPS) is 13.6. The van der Waals surface area contributed by atoms with Gasteiger partial charge in [0.2, 0.25) is 0 Å². The fraction of sp³-hybridized carbons (Fsp3) is 0.105. The Balaban J connectivity index is 1.65. The van der Waals surface area contributed by atoms with Gasteiger partial charge in [-0.1, -0.05) is 0 Å². The lowest BCUT2D eigenvalue weighted by atomic mass is 10.2. The molecule has 8 nitrogen and oxygen atoms in total. The molecule has 29 heavy (non-hydrogen) atoms. The highest BCUT2D eigenvalue weighted by atomic mass is 32.2. The number of aldehydes is 1. The summed E-state index contributed by atoms with van der Waals surface area (Å²) in [4.78, 5) is 21.1. The second-order valence-electron chi connectivity index (χ2n) is 6.31. The maximum atomic E-state index is 14.4. The zero-order chi connectivity index (χ0) is 20.6. The molecule has 0 atom stereocenters. The average Bonchev–Trinajstić information content (AvgIpc) is 3.19. The smallest absolute Gasteiger partial charge is 0.192 e. The van der Waals surface area contributed by atoms with E-state index >= 15 is 0 Å². The van der Waals surface area contributed by atoms with Crippen molar-refractivity contribution in [2.75, 3.05) is 23.1 Å². The number of furan rings is 1. The number of rotatable bonds is 4. The van der Waals surface area contributed by atoms with Crippen LogP contribution in [0, 0.1) is 5.82 Å². The number of hydrogen-bond donors (Lipinski definition) is 1. The van der Waals surface area contributed by atoms with E-state index in [1.165, 1.54) is 24.6 Å². The van der Waals surface area contributed by atoms with Crippen LogP contribution in [0.1, 0.15) is 16.2 Å². The van der Waals surface area contributed by atoms with Crippen LogP contribution in [0.5, 0.6) is 0 Å². The molecule has 0 radical (unpaired) electrons. The molecule has 3 aromatic rings. The highest BCUT2D eigenvalue weighted by molar-refractivity contribution is 7.90. The first-order valence-electron chi connectivity index (χ1n) is 8.44. The number of aliphatic imine (C=N–C) groups is 1. The van der Waals surface area contributed by atoms with Crippen molar-refractivity contribution in [2.45, 2.75) is 4.90 Å². The second kappa shape index (κ2) is 7.13. The first kappa shape index (κ1) is 18.8. The quantitative estimate of drug-likeness (QED) is 0.654. The van der Waals surface area contributed by atoms with Gasteiger partial charge in [-0.25, -0.2) is 17.8 Å². The molecule has 0 fully saturated rings. The summed E-state index contributed by atoms with van der Waals surface area (Å²) in [6.07, 6.45) is 4.67. The second-order valence-corrected chi connectivity index (χ2v) is 8.32. The largest absolute Gasteiger partial charge is 0.459 e. The average molecular weight is 414 g/mol. The molecular weight excluding hydrogens is 399 g/mol. The summed E-state index contributed by atoms with van der Waals surface area (Å²) < 4.78 is 43.1. The first-order chi connectivity index (χ1) is 13.9. The van der Waals surface area contributed by atoms with E-state index in [2.05, 4.69) is 15.3 Å². The molecular formula is C19H15FN4O4S. The van der Waals surface area contributed by atoms with Crippen LogP contribution in [0.25, 0.3) is 0 Å². The third-order valence-electron chi connectivity index (χ3n) is 4.34. The number of hydrogen-bond acceptors (Lipinski definition) is 8. The van der Waals surface area contributed by atoms with Crippen molar-refractivity contribution in [1.29, 1.82) is 0 Å². The molecule has 10 heteroatoms. The third kappa shape index (κ3) is 3.61. The Morgan fingerprint density at radius 1 is 1.24 bits per heavy atom. The number of aromatic nitrogens is 1. The first-order valence-corrected chi connectivity index (χ1v) is 10.3. The summed E-state index contributed by atoms with van der Waals surface area (Å²) in [7, 11) is -3.51. The van der Waals surface area contributed by atoms with Crippen LogP contribution in [0.3, 0.4) is 0 Å². The summed E-state index contributed by atoms with van der Waals surface area (Å²) in [5.41, 5.74) is 1.74. The maximum absolute atomic E-state index is 14.4. The molecule has 2 aromatic heterocycles. The number of fused-ring (bicyclic) bond motifs is 1. The van der Waals surface area contributed by atoms with Gasteiger partial charge in [-0.2, -0.15) is 0 Å². The molecule has 1 aliphatic rings. The van der Waals surface area contributed by atoms with Crippen LogP contribution >= 0.6 is 0 Å².